The maximum atomic E-state index is 8.78. The first kappa shape index (κ1) is 13.8. The van der Waals surface area contributed by atoms with Crippen LogP contribution >= 0.6 is 11.6 Å². The maximum absolute atomic E-state index is 8.78. The van der Waals surface area contributed by atoms with Gasteiger partial charge in [-0.2, -0.15) is 5.26 Å². The summed E-state index contributed by atoms with van der Waals surface area (Å²) in [6, 6.07) is 5.12. The van der Waals surface area contributed by atoms with Crippen molar-refractivity contribution in [3.05, 3.63) is 22.8 Å². The highest BCUT2D eigenvalue weighted by Gasteiger charge is 2.03. The zero-order valence-electron chi connectivity index (χ0n) is 10.1. The summed E-state index contributed by atoms with van der Waals surface area (Å²) in [6.45, 7) is 7.57. The van der Waals surface area contributed by atoms with Crippen molar-refractivity contribution in [3.8, 4) is 11.9 Å². The van der Waals surface area contributed by atoms with Gasteiger partial charge in [-0.15, -0.1) is 0 Å². The van der Waals surface area contributed by atoms with Crippen LogP contribution in [-0.4, -0.2) is 36.1 Å². The van der Waals surface area contributed by atoms with Gasteiger partial charge in [0.2, 0.25) is 5.88 Å². The summed E-state index contributed by atoms with van der Waals surface area (Å²) >= 11 is 5.77. The van der Waals surface area contributed by atoms with Gasteiger partial charge >= 0.3 is 0 Å². The Morgan fingerprint density at radius 2 is 2.12 bits per heavy atom. The molecule has 17 heavy (non-hydrogen) atoms. The van der Waals surface area contributed by atoms with E-state index in [1.807, 2.05) is 6.07 Å². The summed E-state index contributed by atoms with van der Waals surface area (Å²) in [4.78, 5) is 6.25. The number of hydrogen-bond donors (Lipinski definition) is 0. The van der Waals surface area contributed by atoms with Crippen LogP contribution in [0.2, 0.25) is 5.15 Å². The topological polar surface area (TPSA) is 49.1 Å². The van der Waals surface area contributed by atoms with Gasteiger partial charge in [0.1, 0.15) is 11.8 Å². The first-order valence-electron chi connectivity index (χ1n) is 5.62. The van der Waals surface area contributed by atoms with Crippen LogP contribution < -0.4 is 4.74 Å². The summed E-state index contributed by atoms with van der Waals surface area (Å²) in [5.74, 6) is 0.404. The van der Waals surface area contributed by atoms with Crippen LogP contribution in [0.3, 0.4) is 0 Å². The van der Waals surface area contributed by atoms with E-state index in [1.54, 1.807) is 6.07 Å². The fraction of sp³-hybridized carbons (Fsp3) is 0.500. The van der Waals surface area contributed by atoms with Gasteiger partial charge < -0.3 is 9.64 Å². The molecule has 1 aromatic rings. The van der Waals surface area contributed by atoms with Crippen LogP contribution in [0.1, 0.15) is 19.4 Å². The quantitative estimate of drug-likeness (QED) is 0.730. The number of aromatic nitrogens is 1. The molecule has 0 spiro atoms. The average molecular weight is 254 g/mol. The van der Waals surface area contributed by atoms with Crippen molar-refractivity contribution in [3.63, 3.8) is 0 Å². The van der Waals surface area contributed by atoms with E-state index in [2.05, 4.69) is 23.7 Å². The molecule has 0 amide bonds. The lowest BCUT2D eigenvalue weighted by Crippen LogP contribution is -2.28. The Balaban J connectivity index is 2.52. The minimum atomic E-state index is 0.280. The minimum Gasteiger partial charge on any atom is -0.476 e. The van der Waals surface area contributed by atoms with Crippen molar-refractivity contribution in [2.24, 2.45) is 0 Å². The van der Waals surface area contributed by atoms with E-state index in [0.717, 1.165) is 19.6 Å². The van der Waals surface area contributed by atoms with Crippen molar-refractivity contribution in [1.29, 1.82) is 5.26 Å². The Morgan fingerprint density at radius 3 is 2.71 bits per heavy atom. The zero-order valence-corrected chi connectivity index (χ0v) is 10.9. The normalized spacial score (nSPS) is 10.3. The van der Waals surface area contributed by atoms with Crippen LogP contribution in [0.15, 0.2) is 12.1 Å². The first-order valence-corrected chi connectivity index (χ1v) is 6.00. The van der Waals surface area contributed by atoms with Crippen LogP contribution in [0, 0.1) is 11.3 Å². The molecule has 0 fully saturated rings. The monoisotopic (exact) mass is 253 g/mol. The zero-order chi connectivity index (χ0) is 12.7. The van der Waals surface area contributed by atoms with E-state index in [4.69, 9.17) is 21.6 Å². The lowest BCUT2D eigenvalue weighted by Gasteiger charge is -2.17. The molecule has 5 heteroatoms. The number of nitriles is 1. The fourth-order valence-electron chi connectivity index (χ4n) is 1.43. The summed E-state index contributed by atoms with van der Waals surface area (Å²) in [5.41, 5.74) is 0.461. The molecule has 92 valence electrons. The molecule has 0 aliphatic carbocycles. The SMILES string of the molecule is CCN(CC)CCOc1cc(C#N)cc(Cl)n1. The molecule has 0 unspecified atom stereocenters. The number of rotatable bonds is 6. The largest absolute Gasteiger partial charge is 0.476 e. The van der Waals surface area contributed by atoms with Gasteiger partial charge in [0.15, 0.2) is 0 Å². The van der Waals surface area contributed by atoms with Crippen LogP contribution in [0.25, 0.3) is 0 Å². The predicted octanol–water partition coefficient (Wildman–Crippen LogP) is 2.33. The molecule has 1 rings (SSSR count). The minimum absolute atomic E-state index is 0.280. The molecule has 4 nitrogen and oxygen atoms in total. The van der Waals surface area contributed by atoms with E-state index >= 15 is 0 Å². The highest BCUT2D eigenvalue weighted by molar-refractivity contribution is 6.29. The van der Waals surface area contributed by atoms with Crippen molar-refractivity contribution >= 4 is 11.6 Å². The van der Waals surface area contributed by atoms with Crippen molar-refractivity contribution < 1.29 is 4.74 Å². The van der Waals surface area contributed by atoms with Gasteiger partial charge in [0, 0.05) is 12.6 Å². The smallest absolute Gasteiger partial charge is 0.216 e. The van der Waals surface area contributed by atoms with Gasteiger partial charge in [0.25, 0.3) is 0 Å². The number of ether oxygens (including phenoxy) is 1. The molecule has 0 atom stereocenters. The number of pyridine rings is 1. The van der Waals surface area contributed by atoms with Crippen LogP contribution in [-0.2, 0) is 0 Å². The third-order valence-corrected chi connectivity index (χ3v) is 2.65. The molecule has 0 aliphatic heterocycles. The Kier molecular flexibility index (Phi) is 5.75. The van der Waals surface area contributed by atoms with E-state index in [0.29, 0.717) is 18.1 Å². The van der Waals surface area contributed by atoms with Gasteiger partial charge in [-0.25, -0.2) is 4.98 Å². The second-order valence-electron chi connectivity index (χ2n) is 3.50. The van der Waals surface area contributed by atoms with Gasteiger partial charge in [-0.1, -0.05) is 25.4 Å². The molecule has 0 aromatic carbocycles. The summed E-state index contributed by atoms with van der Waals surface area (Å²) in [7, 11) is 0. The Hall–Kier alpha value is -1.31. The summed E-state index contributed by atoms with van der Waals surface area (Å²) in [6.07, 6.45) is 0. The second kappa shape index (κ2) is 7.10. The molecular formula is C12H16ClN3O. The third-order valence-electron chi connectivity index (χ3n) is 2.45. The molecule has 0 saturated carbocycles. The van der Waals surface area contributed by atoms with Crippen LogP contribution in [0.4, 0.5) is 0 Å². The molecule has 0 aliphatic rings. The molecule has 0 saturated heterocycles. The first-order chi connectivity index (χ1) is 8.19. The van der Waals surface area contributed by atoms with Crippen LogP contribution in [0.5, 0.6) is 5.88 Å². The Bertz CT molecular complexity index is 399. The second-order valence-corrected chi connectivity index (χ2v) is 3.89. The molecule has 0 N–H and O–H groups in total. The average Bonchev–Trinajstić information content (AvgIpc) is 2.34. The van der Waals surface area contributed by atoms with Gasteiger partial charge in [-0.3, -0.25) is 0 Å². The maximum Gasteiger partial charge on any atom is 0.216 e. The lowest BCUT2D eigenvalue weighted by atomic mass is 10.3. The number of hydrogen-bond acceptors (Lipinski definition) is 4. The van der Waals surface area contributed by atoms with Gasteiger partial charge in [-0.05, 0) is 19.2 Å². The molecule has 1 aromatic heterocycles. The number of nitrogens with zero attached hydrogens (tertiary/aromatic N) is 3. The van der Waals surface area contributed by atoms with Crippen molar-refractivity contribution in [2.75, 3.05) is 26.2 Å². The highest BCUT2D eigenvalue weighted by Crippen LogP contribution is 2.15. The predicted molar refractivity (Wildman–Crippen MR) is 67.2 cm³/mol. The molecule has 0 bridgehead atoms. The van der Waals surface area contributed by atoms with E-state index in [9.17, 15) is 0 Å². The molecule has 1 heterocycles. The molecular weight excluding hydrogens is 238 g/mol. The summed E-state index contributed by atoms with van der Waals surface area (Å²) in [5, 5.41) is 9.06. The standard InChI is InChI=1S/C12H16ClN3O/c1-3-16(4-2)5-6-17-12-8-10(9-14)7-11(13)15-12/h7-8H,3-6H2,1-2H3. The van der Waals surface area contributed by atoms with E-state index in [-0.39, 0.29) is 5.15 Å². The van der Waals surface area contributed by atoms with Crippen molar-refractivity contribution in [2.45, 2.75) is 13.8 Å². The Labute approximate surface area is 107 Å². The van der Waals surface area contributed by atoms with E-state index in [1.165, 1.54) is 6.07 Å². The fourth-order valence-corrected chi connectivity index (χ4v) is 1.63. The molecule has 0 radical (unpaired) electrons. The third kappa shape index (κ3) is 4.59. The number of halogens is 1. The number of likely N-dealkylation sites (N-methyl/N-ethyl adjacent to an activating group) is 1. The van der Waals surface area contributed by atoms with E-state index < -0.39 is 0 Å². The highest BCUT2D eigenvalue weighted by atomic mass is 35.5. The lowest BCUT2D eigenvalue weighted by molar-refractivity contribution is 0.218. The Morgan fingerprint density at radius 1 is 1.41 bits per heavy atom. The summed E-state index contributed by atoms with van der Waals surface area (Å²) < 4.78 is 5.48. The van der Waals surface area contributed by atoms with Gasteiger partial charge in [0.05, 0.1) is 11.6 Å². The van der Waals surface area contributed by atoms with Crippen molar-refractivity contribution in [1.82, 2.24) is 9.88 Å².